The molecule has 5 nitrogen and oxygen atoms in total. The van der Waals surface area contributed by atoms with E-state index in [1.807, 2.05) is 4.90 Å². The Bertz CT molecular complexity index is 857. The van der Waals surface area contributed by atoms with Crippen LogP contribution < -0.4 is 5.32 Å². The maximum Gasteiger partial charge on any atom is 0.254 e. The molecule has 2 aromatic rings. The van der Waals surface area contributed by atoms with E-state index in [0.29, 0.717) is 16.7 Å². The summed E-state index contributed by atoms with van der Waals surface area (Å²) >= 11 is 0. The van der Waals surface area contributed by atoms with Crippen LogP contribution in [0.5, 0.6) is 0 Å². The molecule has 0 spiro atoms. The van der Waals surface area contributed by atoms with Gasteiger partial charge in [-0.1, -0.05) is 6.07 Å². The molecule has 3 atom stereocenters. The van der Waals surface area contributed by atoms with E-state index in [2.05, 4.69) is 10.3 Å². The van der Waals surface area contributed by atoms with Crippen molar-refractivity contribution in [3.8, 4) is 0 Å². The second kappa shape index (κ2) is 7.10. The third-order valence-corrected chi connectivity index (χ3v) is 5.66. The van der Waals surface area contributed by atoms with Crippen molar-refractivity contribution in [2.24, 2.45) is 0 Å². The van der Waals surface area contributed by atoms with Crippen LogP contribution in [-0.2, 0) is 0 Å². The molecule has 2 amide bonds. The van der Waals surface area contributed by atoms with Crippen LogP contribution in [0.2, 0.25) is 0 Å². The second-order valence-electron chi connectivity index (χ2n) is 7.44. The number of halogens is 1. The standard InChI is InChI=1S/C21H22FN3O2/c1-13-2-3-15(10-19(13)22)21(27)25-17-4-5-18(25)12-16(11-17)24-20(26)14-6-8-23-9-7-14/h2-3,6-10,16-18H,4-5,11-12H2,1H3,(H,24,26)/t16?,17-,18+. The molecule has 0 saturated carbocycles. The van der Waals surface area contributed by atoms with Crippen molar-refractivity contribution in [1.29, 1.82) is 0 Å². The van der Waals surface area contributed by atoms with Crippen molar-refractivity contribution in [3.63, 3.8) is 0 Å². The van der Waals surface area contributed by atoms with Crippen LogP contribution in [-0.4, -0.2) is 39.8 Å². The Hall–Kier alpha value is -2.76. The van der Waals surface area contributed by atoms with E-state index in [4.69, 9.17) is 0 Å². The number of aromatic nitrogens is 1. The zero-order chi connectivity index (χ0) is 19.0. The predicted molar refractivity (Wildman–Crippen MR) is 98.8 cm³/mol. The van der Waals surface area contributed by atoms with Crippen LogP contribution >= 0.6 is 0 Å². The van der Waals surface area contributed by atoms with E-state index in [-0.39, 0.29) is 35.8 Å². The minimum Gasteiger partial charge on any atom is -0.349 e. The highest BCUT2D eigenvalue weighted by molar-refractivity contribution is 5.95. The van der Waals surface area contributed by atoms with Crippen molar-refractivity contribution >= 4 is 11.8 Å². The number of pyridine rings is 1. The minimum absolute atomic E-state index is 0.0435. The molecular formula is C21H22FN3O2. The summed E-state index contributed by atoms with van der Waals surface area (Å²) in [5, 5.41) is 3.09. The highest BCUT2D eigenvalue weighted by Gasteiger charge is 2.43. The topological polar surface area (TPSA) is 62.3 Å². The molecule has 2 fully saturated rings. The largest absolute Gasteiger partial charge is 0.349 e. The lowest BCUT2D eigenvalue weighted by atomic mass is 9.95. The summed E-state index contributed by atoms with van der Waals surface area (Å²) in [7, 11) is 0. The number of hydrogen-bond acceptors (Lipinski definition) is 3. The first kappa shape index (κ1) is 17.6. The van der Waals surface area contributed by atoms with Gasteiger partial charge < -0.3 is 10.2 Å². The van der Waals surface area contributed by atoms with Gasteiger partial charge in [0.2, 0.25) is 0 Å². The number of fused-ring (bicyclic) bond motifs is 2. The molecule has 4 rings (SSSR count). The van der Waals surface area contributed by atoms with Gasteiger partial charge in [-0.25, -0.2) is 4.39 Å². The van der Waals surface area contributed by atoms with Crippen molar-refractivity contribution in [2.45, 2.75) is 50.7 Å². The molecule has 1 N–H and O–H groups in total. The van der Waals surface area contributed by atoms with Gasteiger partial charge in [0.15, 0.2) is 0 Å². The van der Waals surface area contributed by atoms with E-state index in [9.17, 15) is 14.0 Å². The first-order chi connectivity index (χ1) is 13.0. The first-order valence-corrected chi connectivity index (χ1v) is 9.32. The van der Waals surface area contributed by atoms with E-state index < -0.39 is 0 Å². The average molecular weight is 367 g/mol. The maximum atomic E-state index is 13.9. The highest BCUT2D eigenvalue weighted by Crippen LogP contribution is 2.37. The summed E-state index contributed by atoms with van der Waals surface area (Å²) in [6.45, 7) is 1.68. The van der Waals surface area contributed by atoms with Gasteiger partial charge in [-0.15, -0.1) is 0 Å². The molecule has 2 aliphatic heterocycles. The van der Waals surface area contributed by atoms with Gasteiger partial charge in [-0.3, -0.25) is 14.6 Å². The third-order valence-electron chi connectivity index (χ3n) is 5.66. The molecule has 3 heterocycles. The number of hydrogen-bond donors (Lipinski definition) is 1. The number of carbonyl (C=O) groups is 2. The Morgan fingerprint density at radius 2 is 1.74 bits per heavy atom. The Labute approximate surface area is 157 Å². The van der Waals surface area contributed by atoms with E-state index >= 15 is 0 Å². The molecule has 140 valence electrons. The molecule has 2 aliphatic rings. The van der Waals surface area contributed by atoms with Gasteiger partial charge in [-0.05, 0) is 62.4 Å². The number of piperidine rings is 1. The smallest absolute Gasteiger partial charge is 0.254 e. The number of benzene rings is 1. The third kappa shape index (κ3) is 3.44. The predicted octanol–water partition coefficient (Wildman–Crippen LogP) is 3.09. The van der Waals surface area contributed by atoms with Crippen LogP contribution in [0, 0.1) is 12.7 Å². The summed E-state index contributed by atoms with van der Waals surface area (Å²) in [6.07, 6.45) is 6.50. The zero-order valence-electron chi connectivity index (χ0n) is 15.2. The molecule has 0 radical (unpaired) electrons. The van der Waals surface area contributed by atoms with Crippen molar-refractivity contribution in [3.05, 3.63) is 65.2 Å². The number of nitrogens with one attached hydrogen (secondary N) is 1. The molecule has 0 aliphatic carbocycles. The summed E-state index contributed by atoms with van der Waals surface area (Å²) < 4.78 is 13.9. The number of nitrogens with zero attached hydrogens (tertiary/aromatic N) is 2. The lowest BCUT2D eigenvalue weighted by Crippen LogP contribution is -2.52. The van der Waals surface area contributed by atoms with Crippen LogP contribution in [0.1, 0.15) is 52.0 Å². The Balaban J connectivity index is 1.45. The number of rotatable bonds is 3. The SMILES string of the molecule is Cc1ccc(C(=O)N2[C@@H]3CC[C@H]2CC(NC(=O)c2ccncc2)C3)cc1F. The summed E-state index contributed by atoms with van der Waals surface area (Å²) in [4.78, 5) is 31.2. The van der Waals surface area contributed by atoms with Gasteiger partial charge in [0.1, 0.15) is 5.82 Å². The first-order valence-electron chi connectivity index (χ1n) is 9.32. The van der Waals surface area contributed by atoms with Gasteiger partial charge in [0.05, 0.1) is 0 Å². The molecule has 2 bridgehead atoms. The van der Waals surface area contributed by atoms with Crippen molar-refractivity contribution in [1.82, 2.24) is 15.2 Å². The fourth-order valence-electron chi connectivity index (χ4n) is 4.27. The van der Waals surface area contributed by atoms with Gasteiger partial charge in [0, 0.05) is 41.6 Å². The zero-order valence-corrected chi connectivity index (χ0v) is 15.2. The number of amides is 2. The van der Waals surface area contributed by atoms with E-state index in [0.717, 1.165) is 25.7 Å². The highest BCUT2D eigenvalue weighted by atomic mass is 19.1. The van der Waals surface area contributed by atoms with Crippen molar-refractivity contribution < 1.29 is 14.0 Å². The van der Waals surface area contributed by atoms with Crippen molar-refractivity contribution in [2.75, 3.05) is 0 Å². The van der Waals surface area contributed by atoms with Gasteiger partial charge in [-0.2, -0.15) is 0 Å². The number of carbonyl (C=O) groups excluding carboxylic acids is 2. The van der Waals surface area contributed by atoms with Crippen LogP contribution in [0.25, 0.3) is 0 Å². The second-order valence-corrected chi connectivity index (χ2v) is 7.44. The molecule has 1 aromatic heterocycles. The van der Waals surface area contributed by atoms with E-state index in [1.165, 1.54) is 6.07 Å². The summed E-state index contributed by atoms with van der Waals surface area (Å²) in [5.74, 6) is -0.574. The minimum atomic E-state index is -0.354. The Morgan fingerprint density at radius 3 is 2.37 bits per heavy atom. The molecule has 1 aromatic carbocycles. The van der Waals surface area contributed by atoms with Crippen LogP contribution in [0.15, 0.2) is 42.7 Å². The maximum absolute atomic E-state index is 13.9. The monoisotopic (exact) mass is 367 g/mol. The normalized spacial score (nSPS) is 23.9. The summed E-state index contributed by atoms with van der Waals surface area (Å²) in [6, 6.07) is 8.26. The Kier molecular flexibility index (Phi) is 4.64. The fraction of sp³-hybridized carbons (Fsp3) is 0.381. The molecule has 2 saturated heterocycles. The molecular weight excluding hydrogens is 345 g/mol. The Morgan fingerprint density at radius 1 is 1.07 bits per heavy atom. The van der Waals surface area contributed by atoms with Gasteiger partial charge in [0.25, 0.3) is 11.8 Å². The lowest BCUT2D eigenvalue weighted by Gasteiger charge is -2.39. The summed E-state index contributed by atoms with van der Waals surface area (Å²) in [5.41, 5.74) is 1.52. The van der Waals surface area contributed by atoms with Gasteiger partial charge >= 0.3 is 0 Å². The lowest BCUT2D eigenvalue weighted by molar-refractivity contribution is 0.0549. The number of aryl methyl sites for hydroxylation is 1. The fourth-order valence-corrected chi connectivity index (χ4v) is 4.27. The van der Waals surface area contributed by atoms with Crippen LogP contribution in [0.3, 0.4) is 0 Å². The molecule has 1 unspecified atom stereocenters. The van der Waals surface area contributed by atoms with E-state index in [1.54, 1.807) is 43.6 Å². The molecule has 6 heteroatoms. The quantitative estimate of drug-likeness (QED) is 0.907. The molecule has 27 heavy (non-hydrogen) atoms. The average Bonchev–Trinajstić information content (AvgIpc) is 2.94. The van der Waals surface area contributed by atoms with Crippen LogP contribution in [0.4, 0.5) is 4.39 Å².